The predicted octanol–water partition coefficient (Wildman–Crippen LogP) is 2.90. The first-order valence-electron chi connectivity index (χ1n) is 10.6. The molecule has 0 spiro atoms. The predicted molar refractivity (Wildman–Crippen MR) is 130 cm³/mol. The van der Waals surface area contributed by atoms with Crippen LogP contribution in [0.4, 0.5) is 5.13 Å². The molecule has 0 fully saturated rings. The number of anilines is 1. The van der Waals surface area contributed by atoms with Gasteiger partial charge in [-0.05, 0) is 38.3 Å². The zero-order chi connectivity index (χ0) is 23.9. The van der Waals surface area contributed by atoms with Crippen LogP contribution in [0.1, 0.15) is 29.5 Å². The fourth-order valence-electron chi connectivity index (χ4n) is 4.19. The van der Waals surface area contributed by atoms with Crippen molar-refractivity contribution in [2.45, 2.75) is 40.2 Å². The molecule has 4 aromatic rings. The number of carbonyl (C=O) groups is 1. The topological polar surface area (TPSA) is 104 Å². The van der Waals surface area contributed by atoms with Crippen LogP contribution in [0.15, 0.2) is 33.4 Å². The van der Waals surface area contributed by atoms with E-state index in [-0.39, 0.29) is 12.3 Å². The van der Waals surface area contributed by atoms with Crippen molar-refractivity contribution in [3.05, 3.63) is 61.4 Å². The number of hydrogen-bond acceptors (Lipinski definition) is 6. The van der Waals surface area contributed by atoms with Crippen LogP contribution in [0.2, 0.25) is 0 Å². The molecule has 0 aliphatic heterocycles. The standard InChI is InChI=1S/C23H26N6O3S/c1-13-9-14(2)18(15(3)10-13)16-11-33-22(25-16)26-17(30)7-6-8-29-12-24-20-19(29)21(31)28(5)23(32)27(20)4/h9-12H,6-8H2,1-5H3,(H,25,26,30). The molecule has 172 valence electrons. The SMILES string of the molecule is Cc1cc(C)c(-c2csc(NC(=O)CCCn3cnc4c3c(=O)n(C)c(=O)n4C)n2)c(C)c1. The zero-order valence-electron chi connectivity index (χ0n) is 19.3. The number of imidazole rings is 1. The van der Waals surface area contributed by atoms with E-state index < -0.39 is 11.2 Å². The third-order valence-electron chi connectivity index (χ3n) is 5.70. The molecule has 0 atom stereocenters. The Morgan fingerprint density at radius 2 is 1.79 bits per heavy atom. The van der Waals surface area contributed by atoms with E-state index in [0.29, 0.717) is 29.3 Å². The van der Waals surface area contributed by atoms with Crippen molar-refractivity contribution in [2.75, 3.05) is 5.32 Å². The van der Waals surface area contributed by atoms with Crippen LogP contribution < -0.4 is 16.6 Å². The van der Waals surface area contributed by atoms with Crippen LogP contribution in [0.5, 0.6) is 0 Å². The van der Waals surface area contributed by atoms with Gasteiger partial charge < -0.3 is 9.88 Å². The molecule has 10 heteroatoms. The lowest BCUT2D eigenvalue weighted by molar-refractivity contribution is -0.116. The first kappa shape index (κ1) is 22.7. The molecule has 3 heterocycles. The van der Waals surface area contributed by atoms with Gasteiger partial charge in [0.25, 0.3) is 5.56 Å². The molecule has 33 heavy (non-hydrogen) atoms. The molecule has 1 aromatic carbocycles. The summed E-state index contributed by atoms with van der Waals surface area (Å²) < 4.78 is 4.09. The number of aromatic nitrogens is 5. The van der Waals surface area contributed by atoms with Gasteiger partial charge in [0.15, 0.2) is 16.3 Å². The number of carbonyl (C=O) groups excluding carboxylic acids is 1. The normalized spacial score (nSPS) is 11.3. The first-order chi connectivity index (χ1) is 15.7. The number of fused-ring (bicyclic) bond motifs is 1. The van der Waals surface area contributed by atoms with Gasteiger partial charge in [-0.1, -0.05) is 17.7 Å². The highest BCUT2D eigenvalue weighted by molar-refractivity contribution is 7.14. The van der Waals surface area contributed by atoms with E-state index in [4.69, 9.17) is 0 Å². The van der Waals surface area contributed by atoms with Crippen LogP contribution in [0.25, 0.3) is 22.4 Å². The monoisotopic (exact) mass is 466 g/mol. The number of amides is 1. The molecule has 0 aliphatic carbocycles. The van der Waals surface area contributed by atoms with E-state index in [1.165, 1.54) is 34.8 Å². The van der Waals surface area contributed by atoms with Gasteiger partial charge in [0.05, 0.1) is 12.0 Å². The fourth-order valence-corrected chi connectivity index (χ4v) is 4.91. The molecule has 3 aromatic heterocycles. The molecule has 1 N–H and O–H groups in total. The highest BCUT2D eigenvalue weighted by atomic mass is 32.1. The third kappa shape index (κ3) is 4.25. The van der Waals surface area contributed by atoms with E-state index in [0.717, 1.165) is 27.0 Å². The van der Waals surface area contributed by atoms with Crippen LogP contribution in [0, 0.1) is 20.8 Å². The highest BCUT2D eigenvalue weighted by Crippen LogP contribution is 2.31. The molecule has 0 unspecified atom stereocenters. The Hall–Kier alpha value is -3.53. The average Bonchev–Trinajstić information content (AvgIpc) is 3.37. The fraction of sp³-hybridized carbons (Fsp3) is 0.348. The van der Waals surface area contributed by atoms with Crippen molar-refractivity contribution < 1.29 is 4.79 Å². The Balaban J connectivity index is 1.42. The van der Waals surface area contributed by atoms with Gasteiger partial charge >= 0.3 is 5.69 Å². The number of aryl methyl sites for hydroxylation is 5. The second-order valence-corrected chi connectivity index (χ2v) is 9.14. The van der Waals surface area contributed by atoms with Gasteiger partial charge in [-0.25, -0.2) is 14.8 Å². The minimum absolute atomic E-state index is 0.141. The summed E-state index contributed by atoms with van der Waals surface area (Å²) in [7, 11) is 3.02. The summed E-state index contributed by atoms with van der Waals surface area (Å²) in [6.07, 6.45) is 2.31. The lowest BCUT2D eigenvalue weighted by Crippen LogP contribution is -2.37. The highest BCUT2D eigenvalue weighted by Gasteiger charge is 2.15. The number of benzene rings is 1. The molecule has 1 amide bonds. The summed E-state index contributed by atoms with van der Waals surface area (Å²) in [6.45, 7) is 6.64. The van der Waals surface area contributed by atoms with Crippen molar-refractivity contribution in [3.8, 4) is 11.3 Å². The first-order valence-corrected chi connectivity index (χ1v) is 11.5. The maximum atomic E-state index is 12.5. The molecule has 0 saturated heterocycles. The van der Waals surface area contributed by atoms with Crippen molar-refractivity contribution in [1.29, 1.82) is 0 Å². The van der Waals surface area contributed by atoms with Crippen molar-refractivity contribution in [2.24, 2.45) is 14.1 Å². The number of rotatable bonds is 6. The summed E-state index contributed by atoms with van der Waals surface area (Å²) in [6, 6.07) is 4.26. The van der Waals surface area contributed by atoms with Crippen molar-refractivity contribution in [3.63, 3.8) is 0 Å². The van der Waals surface area contributed by atoms with Gasteiger partial charge in [-0.2, -0.15) is 0 Å². The van der Waals surface area contributed by atoms with E-state index in [1.807, 2.05) is 5.38 Å². The average molecular weight is 467 g/mol. The Morgan fingerprint density at radius 1 is 1.09 bits per heavy atom. The number of nitrogens with one attached hydrogen (secondary N) is 1. The molecule has 0 bridgehead atoms. The molecule has 9 nitrogen and oxygen atoms in total. The summed E-state index contributed by atoms with van der Waals surface area (Å²) in [5, 5.41) is 5.39. The Labute approximate surface area is 194 Å². The number of nitrogens with zero attached hydrogens (tertiary/aromatic N) is 5. The molecular weight excluding hydrogens is 440 g/mol. The van der Waals surface area contributed by atoms with E-state index >= 15 is 0 Å². The van der Waals surface area contributed by atoms with E-state index in [1.54, 1.807) is 11.6 Å². The zero-order valence-corrected chi connectivity index (χ0v) is 20.1. The van der Waals surface area contributed by atoms with Gasteiger partial charge in [0, 0.05) is 38.0 Å². The lowest BCUT2D eigenvalue weighted by atomic mass is 9.98. The summed E-state index contributed by atoms with van der Waals surface area (Å²) in [5.41, 5.74) is 5.36. The minimum atomic E-state index is -0.420. The van der Waals surface area contributed by atoms with Crippen LogP contribution in [-0.4, -0.2) is 29.6 Å². The maximum absolute atomic E-state index is 12.5. The summed E-state index contributed by atoms with van der Waals surface area (Å²) >= 11 is 1.40. The second-order valence-electron chi connectivity index (χ2n) is 8.28. The van der Waals surface area contributed by atoms with Gasteiger partial charge in [0.2, 0.25) is 5.91 Å². The van der Waals surface area contributed by atoms with Crippen molar-refractivity contribution >= 4 is 33.5 Å². The Kier molecular flexibility index (Phi) is 6.03. The van der Waals surface area contributed by atoms with Crippen LogP contribution in [-0.2, 0) is 25.4 Å². The van der Waals surface area contributed by atoms with E-state index in [2.05, 4.69) is 48.2 Å². The molecule has 0 radical (unpaired) electrons. The Morgan fingerprint density at radius 3 is 2.48 bits per heavy atom. The van der Waals surface area contributed by atoms with E-state index in [9.17, 15) is 14.4 Å². The van der Waals surface area contributed by atoms with Crippen LogP contribution in [0.3, 0.4) is 0 Å². The Bertz CT molecular complexity index is 1470. The van der Waals surface area contributed by atoms with Gasteiger partial charge in [-0.15, -0.1) is 11.3 Å². The van der Waals surface area contributed by atoms with Crippen LogP contribution >= 0.6 is 11.3 Å². The number of hydrogen-bond donors (Lipinski definition) is 1. The molecule has 0 saturated carbocycles. The largest absolute Gasteiger partial charge is 0.332 e. The third-order valence-corrected chi connectivity index (χ3v) is 6.46. The van der Waals surface area contributed by atoms with Gasteiger partial charge in [0.1, 0.15) is 0 Å². The minimum Gasteiger partial charge on any atom is -0.325 e. The molecular formula is C23H26N6O3S. The van der Waals surface area contributed by atoms with Crippen molar-refractivity contribution in [1.82, 2.24) is 23.7 Å². The second kappa shape index (κ2) is 8.78. The van der Waals surface area contributed by atoms with Gasteiger partial charge in [-0.3, -0.25) is 18.7 Å². The lowest BCUT2D eigenvalue weighted by Gasteiger charge is -2.09. The maximum Gasteiger partial charge on any atom is 0.332 e. The summed E-state index contributed by atoms with van der Waals surface area (Å²) in [4.78, 5) is 45.8. The quantitative estimate of drug-likeness (QED) is 0.471. The summed E-state index contributed by atoms with van der Waals surface area (Å²) in [5.74, 6) is -0.141. The smallest absolute Gasteiger partial charge is 0.325 e. The number of thiazole rings is 1. The molecule has 0 aliphatic rings. The molecule has 4 rings (SSSR count).